The van der Waals surface area contributed by atoms with Gasteiger partial charge in [0.15, 0.2) is 0 Å². The van der Waals surface area contributed by atoms with Crippen molar-refractivity contribution < 1.29 is 0 Å². The van der Waals surface area contributed by atoms with Crippen LogP contribution in [-0.2, 0) is 0 Å². The molecule has 4 heterocycles. The zero-order chi connectivity index (χ0) is 18.4. The zero-order valence-electron chi connectivity index (χ0n) is 17.5. The molecule has 0 saturated heterocycles. The first-order chi connectivity index (χ1) is 11.4. The predicted molar refractivity (Wildman–Crippen MR) is 114 cm³/mol. The van der Waals surface area contributed by atoms with Crippen molar-refractivity contribution >= 4 is 15.8 Å². The molecule has 0 aromatic heterocycles. The number of rotatable bonds is 0. The molecule has 4 aliphatic heterocycles. The second-order valence-corrected chi connectivity index (χ2v) is 15.3. The summed E-state index contributed by atoms with van der Waals surface area (Å²) in [7, 11) is -0.203. The normalized spacial score (nSPS) is 49.2. The summed E-state index contributed by atoms with van der Waals surface area (Å²) < 4.78 is 0. The first-order valence-corrected chi connectivity index (χ1v) is 12.7. The summed E-state index contributed by atoms with van der Waals surface area (Å²) in [6, 6.07) is 0. The Bertz CT molecular complexity index is 821. The zero-order valence-corrected chi connectivity index (χ0v) is 19.3. The van der Waals surface area contributed by atoms with Gasteiger partial charge in [-0.05, 0) is 87.3 Å². The molecule has 0 nitrogen and oxygen atoms in total. The maximum absolute atomic E-state index is 2.58. The molecule has 2 heteroatoms. The molecule has 0 amide bonds. The molecular weight excluding hydrogens is 338 g/mol. The van der Waals surface area contributed by atoms with Gasteiger partial charge in [-0.25, -0.2) is 0 Å². The molecule has 0 radical (unpaired) electrons. The Balaban J connectivity index is 1.82. The van der Waals surface area contributed by atoms with Gasteiger partial charge in [-0.3, -0.25) is 0 Å². The fraction of sp³-hybridized carbons (Fsp3) is 0.652. The molecule has 5 aliphatic rings. The summed E-state index contributed by atoms with van der Waals surface area (Å²) in [5.74, 6) is 0. The lowest BCUT2D eigenvalue weighted by molar-refractivity contribution is 0.328. The van der Waals surface area contributed by atoms with Gasteiger partial charge in [0.25, 0.3) is 0 Å². The van der Waals surface area contributed by atoms with Crippen molar-refractivity contribution in [3.05, 3.63) is 43.5 Å². The Hall–Kier alpha value is -0.180. The van der Waals surface area contributed by atoms with Gasteiger partial charge in [-0.2, -0.15) is 0 Å². The van der Waals surface area contributed by atoms with E-state index in [2.05, 4.69) is 69.2 Å². The predicted octanol–water partition coefficient (Wildman–Crippen LogP) is 7.93. The number of fused-ring (bicyclic) bond motifs is 9. The Morgan fingerprint density at radius 2 is 0.960 bits per heavy atom. The lowest BCUT2D eigenvalue weighted by Gasteiger charge is -2.45. The van der Waals surface area contributed by atoms with E-state index in [1.165, 1.54) is 0 Å². The van der Waals surface area contributed by atoms with E-state index >= 15 is 0 Å². The summed E-state index contributed by atoms with van der Waals surface area (Å²) in [5.41, 5.74) is 9.60. The van der Waals surface area contributed by atoms with Crippen molar-refractivity contribution in [2.24, 2.45) is 16.2 Å². The van der Waals surface area contributed by atoms with Crippen LogP contribution in [0.1, 0.15) is 69.2 Å². The van der Waals surface area contributed by atoms with E-state index in [4.69, 9.17) is 0 Å². The van der Waals surface area contributed by atoms with E-state index in [1.807, 2.05) is 21.8 Å². The van der Waals surface area contributed by atoms with Gasteiger partial charge < -0.3 is 0 Å². The lowest BCUT2D eigenvalue weighted by atomic mass is 9.58. The largest absolute Gasteiger partial charge is 0.0589 e. The molecule has 134 valence electrons. The highest BCUT2D eigenvalue weighted by atomic mass is 31.1. The minimum Gasteiger partial charge on any atom is -0.0589 e. The van der Waals surface area contributed by atoms with E-state index in [0.717, 1.165) is 11.3 Å². The Kier molecular flexibility index (Phi) is 2.90. The van der Waals surface area contributed by atoms with Crippen LogP contribution in [0.5, 0.6) is 0 Å². The van der Waals surface area contributed by atoms with Crippen molar-refractivity contribution in [3.8, 4) is 0 Å². The molecule has 0 saturated carbocycles. The van der Waals surface area contributed by atoms with E-state index in [1.54, 1.807) is 21.8 Å². The topological polar surface area (TPSA) is 0 Å². The second kappa shape index (κ2) is 4.28. The highest BCUT2D eigenvalue weighted by Gasteiger charge is 2.70. The summed E-state index contributed by atoms with van der Waals surface area (Å²) in [6.45, 7) is 25.2. The molecular formula is C23H32P2. The van der Waals surface area contributed by atoms with E-state index in [9.17, 15) is 0 Å². The first kappa shape index (κ1) is 17.0. The third-order valence-electron chi connectivity index (χ3n) is 9.28. The molecule has 0 N–H and O–H groups in total. The van der Waals surface area contributed by atoms with Crippen LogP contribution < -0.4 is 0 Å². The average Bonchev–Trinajstić information content (AvgIpc) is 3.12. The SMILES string of the molecule is CC1=C(C)[C@@]2(C)C3=C(C4=C(C3(C)C)[C@]3(C)C(C)=C(C)P4C3C)P1C2C. The third-order valence-corrected chi connectivity index (χ3v) is 16.0. The second-order valence-electron chi connectivity index (χ2n) is 9.99. The molecule has 1 aliphatic carbocycles. The molecule has 0 aromatic rings. The van der Waals surface area contributed by atoms with Crippen molar-refractivity contribution in [1.82, 2.24) is 0 Å². The van der Waals surface area contributed by atoms with Gasteiger partial charge >= 0.3 is 0 Å². The minimum absolute atomic E-state index is 0.101. The fourth-order valence-electron chi connectivity index (χ4n) is 7.57. The lowest BCUT2D eigenvalue weighted by Crippen LogP contribution is -2.38. The van der Waals surface area contributed by atoms with Crippen LogP contribution in [-0.4, -0.2) is 11.3 Å². The summed E-state index contributed by atoms with van der Waals surface area (Å²) >= 11 is 0. The van der Waals surface area contributed by atoms with E-state index in [0.29, 0.717) is 10.8 Å². The van der Waals surface area contributed by atoms with Crippen LogP contribution in [0.15, 0.2) is 43.5 Å². The van der Waals surface area contributed by atoms with Gasteiger partial charge in [-0.15, -0.1) is 0 Å². The Morgan fingerprint density at radius 1 is 0.640 bits per heavy atom. The maximum Gasteiger partial charge on any atom is 0.0185 e. The van der Waals surface area contributed by atoms with Gasteiger partial charge in [0.05, 0.1) is 0 Å². The van der Waals surface area contributed by atoms with Crippen molar-refractivity contribution in [3.63, 3.8) is 0 Å². The highest BCUT2D eigenvalue weighted by Crippen LogP contribution is 2.92. The number of hydrogen-bond acceptors (Lipinski definition) is 0. The summed E-state index contributed by atoms with van der Waals surface area (Å²) in [5, 5.41) is 7.29. The van der Waals surface area contributed by atoms with Crippen LogP contribution in [0.25, 0.3) is 0 Å². The molecule has 0 fully saturated rings. The van der Waals surface area contributed by atoms with E-state index < -0.39 is 0 Å². The molecule has 0 aromatic carbocycles. The maximum atomic E-state index is 2.58. The fourth-order valence-corrected chi connectivity index (χ4v) is 15.9. The van der Waals surface area contributed by atoms with Crippen LogP contribution in [0, 0.1) is 16.2 Å². The third kappa shape index (κ3) is 1.35. The van der Waals surface area contributed by atoms with Crippen molar-refractivity contribution in [2.45, 2.75) is 80.6 Å². The molecule has 5 rings (SSSR count). The molecule has 6 atom stereocenters. The Morgan fingerprint density at radius 3 is 1.28 bits per heavy atom. The molecule has 0 spiro atoms. The number of hydrogen-bond donors (Lipinski definition) is 0. The van der Waals surface area contributed by atoms with Crippen LogP contribution in [0.2, 0.25) is 0 Å². The van der Waals surface area contributed by atoms with Crippen molar-refractivity contribution in [1.29, 1.82) is 0 Å². The van der Waals surface area contributed by atoms with Crippen LogP contribution in [0.4, 0.5) is 0 Å². The van der Waals surface area contributed by atoms with E-state index in [-0.39, 0.29) is 21.3 Å². The summed E-state index contributed by atoms with van der Waals surface area (Å²) in [6.07, 6.45) is 0. The average molecular weight is 370 g/mol. The van der Waals surface area contributed by atoms with Gasteiger partial charge in [-0.1, -0.05) is 52.7 Å². The van der Waals surface area contributed by atoms with Gasteiger partial charge in [0.1, 0.15) is 0 Å². The quantitative estimate of drug-likeness (QED) is 0.380. The smallest absolute Gasteiger partial charge is 0.0185 e. The number of allylic oxidation sites excluding steroid dienone is 8. The summed E-state index contributed by atoms with van der Waals surface area (Å²) in [4.78, 5) is 0. The monoisotopic (exact) mass is 370 g/mol. The molecule has 25 heavy (non-hydrogen) atoms. The van der Waals surface area contributed by atoms with Crippen LogP contribution >= 0.6 is 15.8 Å². The Labute approximate surface area is 156 Å². The highest BCUT2D eigenvalue weighted by molar-refractivity contribution is 7.74. The molecule has 4 unspecified atom stereocenters. The van der Waals surface area contributed by atoms with Gasteiger partial charge in [0, 0.05) is 16.2 Å². The minimum atomic E-state index is -0.101. The van der Waals surface area contributed by atoms with Crippen molar-refractivity contribution in [2.75, 3.05) is 0 Å². The first-order valence-electron chi connectivity index (χ1n) is 9.89. The van der Waals surface area contributed by atoms with Gasteiger partial charge in [0.2, 0.25) is 0 Å². The molecule has 4 bridgehead atoms. The van der Waals surface area contributed by atoms with Crippen LogP contribution in [0.3, 0.4) is 0 Å². The standard InChI is InChI=1S/C23H32P2/c1-11-13(3)24-15(5)22(11,9)19-17(24)18-20(21(19,7)8)23(10)12(2)14(4)25(18)16(23)6/h15-16H,1-10H3/t15?,16?,22-,23-,24?,25?/m1/s1.